The molecule has 0 bridgehead atoms. The average Bonchev–Trinajstić information content (AvgIpc) is 2.59. The molecule has 0 saturated heterocycles. The largest absolute Gasteiger partial charge is 0.456 e. The maximum absolute atomic E-state index is 10.8. The monoisotopic (exact) mass is 221 g/mol. The van der Waals surface area contributed by atoms with Crippen molar-refractivity contribution >= 4 is 27.6 Å². The molecule has 0 aliphatic heterocycles. The zero-order chi connectivity index (χ0) is 10.8. The van der Waals surface area contributed by atoms with E-state index in [9.17, 15) is 4.79 Å². The van der Waals surface area contributed by atoms with Crippen molar-refractivity contribution in [2.24, 2.45) is 0 Å². The summed E-state index contributed by atoms with van der Waals surface area (Å²) in [4.78, 5) is 10.8. The van der Waals surface area contributed by atoms with E-state index >= 15 is 0 Å². The average molecular weight is 221 g/mol. The Kier molecular flexibility index (Phi) is 2.68. The van der Waals surface area contributed by atoms with Gasteiger partial charge < -0.3 is 4.74 Å². The molecule has 0 radical (unpaired) electrons. The van der Waals surface area contributed by atoms with Crippen LogP contribution in [0.15, 0.2) is 24.3 Å². The van der Waals surface area contributed by atoms with Crippen molar-refractivity contribution in [1.82, 2.24) is 4.37 Å². The van der Waals surface area contributed by atoms with Gasteiger partial charge in [-0.3, -0.25) is 4.79 Å². The molecule has 15 heavy (non-hydrogen) atoms. The van der Waals surface area contributed by atoms with Crippen LogP contribution in [-0.4, -0.2) is 10.3 Å². The van der Waals surface area contributed by atoms with Crippen molar-refractivity contribution in [3.05, 3.63) is 30.0 Å². The summed E-state index contributed by atoms with van der Waals surface area (Å²) >= 11 is 1.43. The van der Waals surface area contributed by atoms with Crippen molar-refractivity contribution in [3.63, 3.8) is 0 Å². The third kappa shape index (κ3) is 1.99. The molecule has 1 unspecified atom stereocenters. The lowest BCUT2D eigenvalue weighted by Crippen LogP contribution is -2.05. The molecule has 0 fully saturated rings. The van der Waals surface area contributed by atoms with Gasteiger partial charge in [0.15, 0.2) is 0 Å². The fourth-order valence-corrected chi connectivity index (χ4v) is 2.36. The SMILES string of the molecule is CC(=O)OC(C)c1nsc2ccccc12. The Balaban J connectivity index is 2.39. The molecule has 0 saturated carbocycles. The number of carbonyl (C=O) groups is 1. The highest BCUT2D eigenvalue weighted by Crippen LogP contribution is 2.28. The third-order valence-corrected chi connectivity index (χ3v) is 2.97. The zero-order valence-electron chi connectivity index (χ0n) is 8.56. The van der Waals surface area contributed by atoms with Crippen LogP contribution in [0.2, 0.25) is 0 Å². The van der Waals surface area contributed by atoms with Crippen molar-refractivity contribution in [1.29, 1.82) is 0 Å². The molecule has 0 aliphatic carbocycles. The number of hydrogen-bond donors (Lipinski definition) is 0. The van der Waals surface area contributed by atoms with Gasteiger partial charge in [-0.1, -0.05) is 18.2 Å². The predicted octanol–water partition coefficient (Wildman–Crippen LogP) is 2.92. The number of carbonyl (C=O) groups excluding carboxylic acids is 1. The zero-order valence-corrected chi connectivity index (χ0v) is 9.38. The third-order valence-electron chi connectivity index (χ3n) is 2.13. The van der Waals surface area contributed by atoms with Gasteiger partial charge in [0, 0.05) is 12.3 Å². The lowest BCUT2D eigenvalue weighted by atomic mass is 10.1. The van der Waals surface area contributed by atoms with E-state index < -0.39 is 0 Å². The van der Waals surface area contributed by atoms with Crippen LogP contribution in [0.25, 0.3) is 10.1 Å². The minimum atomic E-state index is -0.279. The Hall–Kier alpha value is -1.42. The van der Waals surface area contributed by atoms with Crippen molar-refractivity contribution in [2.75, 3.05) is 0 Å². The fourth-order valence-electron chi connectivity index (χ4n) is 1.50. The minimum absolute atomic E-state index is 0.278. The molecule has 1 heterocycles. The summed E-state index contributed by atoms with van der Waals surface area (Å²) in [7, 11) is 0. The summed E-state index contributed by atoms with van der Waals surface area (Å²) < 4.78 is 10.5. The number of esters is 1. The summed E-state index contributed by atoms with van der Waals surface area (Å²) in [5.74, 6) is -0.278. The molecule has 4 heteroatoms. The van der Waals surface area contributed by atoms with Crippen LogP contribution in [-0.2, 0) is 9.53 Å². The Morgan fingerprint density at radius 2 is 2.20 bits per heavy atom. The first-order valence-corrected chi connectivity index (χ1v) is 5.47. The lowest BCUT2D eigenvalue weighted by Gasteiger charge is -2.08. The van der Waals surface area contributed by atoms with Gasteiger partial charge in [0.1, 0.15) is 11.8 Å². The highest BCUT2D eigenvalue weighted by Gasteiger charge is 2.15. The Labute approximate surface area is 91.8 Å². The topological polar surface area (TPSA) is 39.2 Å². The van der Waals surface area contributed by atoms with E-state index in [1.54, 1.807) is 0 Å². The Morgan fingerprint density at radius 1 is 1.47 bits per heavy atom. The van der Waals surface area contributed by atoms with Gasteiger partial charge in [0.05, 0.1) is 4.70 Å². The van der Waals surface area contributed by atoms with Crippen molar-refractivity contribution in [3.8, 4) is 0 Å². The molecule has 0 N–H and O–H groups in total. The van der Waals surface area contributed by atoms with Gasteiger partial charge in [-0.15, -0.1) is 0 Å². The quantitative estimate of drug-likeness (QED) is 0.732. The van der Waals surface area contributed by atoms with Crippen molar-refractivity contribution < 1.29 is 9.53 Å². The van der Waals surface area contributed by atoms with Crippen LogP contribution >= 0.6 is 11.5 Å². The van der Waals surface area contributed by atoms with E-state index in [0.717, 1.165) is 15.8 Å². The maximum atomic E-state index is 10.8. The predicted molar refractivity (Wildman–Crippen MR) is 59.8 cm³/mol. The number of nitrogens with zero attached hydrogens (tertiary/aromatic N) is 1. The highest BCUT2D eigenvalue weighted by molar-refractivity contribution is 7.13. The first-order chi connectivity index (χ1) is 7.18. The number of aromatic nitrogens is 1. The second kappa shape index (κ2) is 3.98. The summed E-state index contributed by atoms with van der Waals surface area (Å²) in [6.45, 7) is 3.24. The Morgan fingerprint density at radius 3 is 2.93 bits per heavy atom. The molecule has 1 aromatic carbocycles. The van der Waals surface area contributed by atoms with E-state index in [0.29, 0.717) is 0 Å². The van der Waals surface area contributed by atoms with Crippen LogP contribution < -0.4 is 0 Å². The normalized spacial score (nSPS) is 12.7. The first kappa shape index (κ1) is 10.1. The minimum Gasteiger partial charge on any atom is -0.456 e. The second-order valence-corrected chi connectivity index (χ2v) is 4.12. The van der Waals surface area contributed by atoms with Gasteiger partial charge in [0.25, 0.3) is 0 Å². The lowest BCUT2D eigenvalue weighted by molar-refractivity contribution is -0.145. The van der Waals surface area contributed by atoms with Gasteiger partial charge in [0.2, 0.25) is 0 Å². The van der Waals surface area contributed by atoms with E-state index in [1.165, 1.54) is 18.5 Å². The number of hydrogen-bond acceptors (Lipinski definition) is 4. The van der Waals surface area contributed by atoms with Crippen LogP contribution in [0.5, 0.6) is 0 Å². The van der Waals surface area contributed by atoms with Crippen LogP contribution in [0.4, 0.5) is 0 Å². The van der Waals surface area contributed by atoms with E-state index in [4.69, 9.17) is 4.74 Å². The standard InChI is InChI=1S/C11H11NO2S/c1-7(14-8(2)13)11-9-5-3-4-6-10(9)15-12-11/h3-7H,1-2H3. The number of rotatable bonds is 2. The molecule has 2 rings (SSSR count). The molecule has 2 aromatic rings. The molecule has 3 nitrogen and oxygen atoms in total. The number of fused-ring (bicyclic) bond motifs is 1. The summed E-state index contributed by atoms with van der Waals surface area (Å²) in [5, 5.41) is 1.07. The Bertz CT molecular complexity index is 492. The summed E-state index contributed by atoms with van der Waals surface area (Å²) in [5.41, 5.74) is 0.839. The first-order valence-electron chi connectivity index (χ1n) is 4.70. The van der Waals surface area contributed by atoms with Gasteiger partial charge >= 0.3 is 5.97 Å². The highest BCUT2D eigenvalue weighted by atomic mass is 32.1. The molecular formula is C11H11NO2S. The molecule has 78 valence electrons. The van der Waals surface area contributed by atoms with Gasteiger partial charge in [-0.2, -0.15) is 4.37 Å². The summed E-state index contributed by atoms with van der Waals surface area (Å²) in [6.07, 6.45) is -0.279. The number of benzene rings is 1. The second-order valence-electron chi connectivity index (χ2n) is 3.32. The fraction of sp³-hybridized carbons (Fsp3) is 0.273. The smallest absolute Gasteiger partial charge is 0.303 e. The maximum Gasteiger partial charge on any atom is 0.303 e. The molecule has 1 atom stereocenters. The van der Waals surface area contributed by atoms with E-state index in [-0.39, 0.29) is 12.1 Å². The molecule has 0 amide bonds. The summed E-state index contributed by atoms with van der Waals surface area (Å²) in [6, 6.07) is 7.94. The number of ether oxygens (including phenoxy) is 1. The molecule has 0 aliphatic rings. The van der Waals surface area contributed by atoms with Crippen LogP contribution in [0.1, 0.15) is 25.6 Å². The van der Waals surface area contributed by atoms with Crippen molar-refractivity contribution in [2.45, 2.75) is 20.0 Å². The van der Waals surface area contributed by atoms with Gasteiger partial charge in [-0.25, -0.2) is 0 Å². The van der Waals surface area contributed by atoms with Crippen LogP contribution in [0, 0.1) is 0 Å². The van der Waals surface area contributed by atoms with Gasteiger partial charge in [-0.05, 0) is 24.5 Å². The molecule has 0 spiro atoms. The van der Waals surface area contributed by atoms with Crippen LogP contribution in [0.3, 0.4) is 0 Å². The van der Waals surface area contributed by atoms with E-state index in [1.807, 2.05) is 31.2 Å². The molecule has 1 aromatic heterocycles. The molecular weight excluding hydrogens is 210 g/mol. The van der Waals surface area contributed by atoms with E-state index in [2.05, 4.69) is 4.37 Å².